The third-order valence-electron chi connectivity index (χ3n) is 5.74. The van der Waals surface area contributed by atoms with Gasteiger partial charge in [-0.1, -0.05) is 6.07 Å². The quantitative estimate of drug-likeness (QED) is 0.703. The number of carbonyl (C=O) groups is 1. The fourth-order valence-electron chi connectivity index (χ4n) is 4.29. The van der Waals surface area contributed by atoms with E-state index in [0.29, 0.717) is 17.4 Å². The third kappa shape index (κ3) is 3.02. The number of aromatic nitrogens is 4. The van der Waals surface area contributed by atoms with Gasteiger partial charge in [0.05, 0.1) is 11.4 Å². The number of likely N-dealkylation sites (tertiary alicyclic amines) is 1. The Morgan fingerprint density at radius 3 is 2.50 bits per heavy atom. The molecule has 2 aromatic heterocycles. The summed E-state index contributed by atoms with van der Waals surface area (Å²) in [5, 5.41) is 12.7. The first-order valence-electron chi connectivity index (χ1n) is 9.62. The van der Waals surface area contributed by atoms with E-state index in [9.17, 15) is 4.79 Å². The Morgan fingerprint density at radius 1 is 1.00 bits per heavy atom. The zero-order valence-corrected chi connectivity index (χ0v) is 15.8. The normalized spacial score (nSPS) is 21.2. The van der Waals surface area contributed by atoms with E-state index in [2.05, 4.69) is 20.2 Å². The van der Waals surface area contributed by atoms with Crippen LogP contribution < -0.4 is 4.90 Å². The van der Waals surface area contributed by atoms with Gasteiger partial charge in [0.1, 0.15) is 0 Å². The number of hydrogen-bond acceptors (Lipinski definition) is 5. The van der Waals surface area contributed by atoms with E-state index in [-0.39, 0.29) is 5.91 Å². The van der Waals surface area contributed by atoms with Gasteiger partial charge in [-0.25, -0.2) is 4.68 Å². The highest BCUT2D eigenvalue weighted by atomic mass is 16.2. The molecule has 7 nitrogen and oxygen atoms in total. The molecule has 5 rings (SSSR count). The van der Waals surface area contributed by atoms with Gasteiger partial charge < -0.3 is 9.80 Å². The zero-order chi connectivity index (χ0) is 19.1. The van der Waals surface area contributed by atoms with Crippen LogP contribution in [-0.2, 0) is 0 Å². The van der Waals surface area contributed by atoms with Gasteiger partial charge in [0.15, 0.2) is 5.82 Å². The van der Waals surface area contributed by atoms with Gasteiger partial charge in [-0.2, -0.15) is 10.2 Å². The molecular weight excluding hydrogens is 352 g/mol. The van der Waals surface area contributed by atoms with Gasteiger partial charge in [-0.3, -0.25) is 4.79 Å². The van der Waals surface area contributed by atoms with Crippen molar-refractivity contribution in [1.29, 1.82) is 0 Å². The van der Waals surface area contributed by atoms with Crippen molar-refractivity contribution in [3.8, 4) is 5.69 Å². The summed E-state index contributed by atoms with van der Waals surface area (Å²) >= 11 is 0. The molecule has 0 saturated carbocycles. The summed E-state index contributed by atoms with van der Waals surface area (Å²) in [6.45, 7) is 5.40. The molecule has 7 heteroatoms. The molecule has 0 aliphatic carbocycles. The number of amides is 1. The van der Waals surface area contributed by atoms with Crippen LogP contribution in [0.2, 0.25) is 0 Å². The Labute approximate surface area is 163 Å². The molecule has 3 aromatic rings. The molecule has 0 spiro atoms. The Hall–Kier alpha value is -3.22. The van der Waals surface area contributed by atoms with Crippen LogP contribution in [0.4, 0.5) is 5.82 Å². The maximum atomic E-state index is 13.0. The van der Waals surface area contributed by atoms with Crippen LogP contribution >= 0.6 is 0 Å². The monoisotopic (exact) mass is 374 g/mol. The molecule has 1 amide bonds. The summed E-state index contributed by atoms with van der Waals surface area (Å²) in [6.07, 6.45) is 3.62. The van der Waals surface area contributed by atoms with E-state index in [0.717, 1.165) is 43.4 Å². The fourth-order valence-corrected chi connectivity index (χ4v) is 4.29. The summed E-state index contributed by atoms with van der Waals surface area (Å²) in [4.78, 5) is 17.3. The minimum absolute atomic E-state index is 0.102. The number of benzene rings is 1. The molecule has 2 aliphatic rings. The first kappa shape index (κ1) is 16.9. The Bertz CT molecular complexity index is 970. The molecule has 0 radical (unpaired) electrons. The average Bonchev–Trinajstić information content (AvgIpc) is 3.44. The van der Waals surface area contributed by atoms with Crippen molar-refractivity contribution in [1.82, 2.24) is 24.9 Å². The summed E-state index contributed by atoms with van der Waals surface area (Å²) in [5.41, 5.74) is 2.55. The largest absolute Gasteiger partial charge is 0.354 e. The molecule has 0 bridgehead atoms. The molecule has 2 saturated heterocycles. The maximum absolute atomic E-state index is 13.0. The van der Waals surface area contributed by atoms with E-state index in [1.54, 1.807) is 10.9 Å². The lowest BCUT2D eigenvalue weighted by Gasteiger charge is -2.22. The Morgan fingerprint density at radius 2 is 1.82 bits per heavy atom. The van der Waals surface area contributed by atoms with Crippen molar-refractivity contribution in [2.45, 2.75) is 6.92 Å². The summed E-state index contributed by atoms with van der Waals surface area (Å²) < 4.78 is 1.77. The van der Waals surface area contributed by atoms with Crippen molar-refractivity contribution in [2.75, 3.05) is 31.1 Å². The first-order valence-corrected chi connectivity index (χ1v) is 9.62. The maximum Gasteiger partial charge on any atom is 0.253 e. The first-order chi connectivity index (χ1) is 13.7. The number of rotatable bonds is 3. The van der Waals surface area contributed by atoms with Crippen molar-refractivity contribution < 1.29 is 4.79 Å². The van der Waals surface area contributed by atoms with Gasteiger partial charge in [-0.05, 0) is 43.3 Å². The second kappa shape index (κ2) is 6.74. The summed E-state index contributed by atoms with van der Waals surface area (Å²) in [5.74, 6) is 2.01. The highest BCUT2D eigenvalue weighted by Gasteiger charge is 2.42. The predicted molar refractivity (Wildman–Crippen MR) is 105 cm³/mol. The minimum atomic E-state index is 0.102. The van der Waals surface area contributed by atoms with E-state index in [1.165, 1.54) is 0 Å². The third-order valence-corrected chi connectivity index (χ3v) is 5.74. The van der Waals surface area contributed by atoms with Gasteiger partial charge in [-0.15, -0.1) is 5.10 Å². The lowest BCUT2D eigenvalue weighted by atomic mass is 10.0. The number of aryl methyl sites for hydroxylation is 1. The molecule has 2 fully saturated rings. The van der Waals surface area contributed by atoms with Crippen LogP contribution in [0.15, 0.2) is 54.9 Å². The zero-order valence-electron chi connectivity index (χ0n) is 15.8. The standard InChI is InChI=1S/C21H22N6O/c1-15-6-7-20(24-23-15)25-11-17-13-26(14-18(17)12-25)21(28)16-4-2-5-19(10-16)27-9-3-8-22-27/h2-10,17-18H,11-14H2,1H3. The van der Waals surface area contributed by atoms with E-state index in [4.69, 9.17) is 0 Å². The number of fused-ring (bicyclic) bond motifs is 1. The van der Waals surface area contributed by atoms with Crippen LogP contribution in [0, 0.1) is 18.8 Å². The molecule has 142 valence electrons. The average molecular weight is 374 g/mol. The molecule has 2 unspecified atom stereocenters. The van der Waals surface area contributed by atoms with Crippen LogP contribution in [-0.4, -0.2) is 57.0 Å². The van der Waals surface area contributed by atoms with E-state index in [1.807, 2.05) is 60.5 Å². The Balaban J connectivity index is 1.27. The molecule has 2 atom stereocenters. The number of anilines is 1. The molecular formula is C21H22N6O. The fraction of sp³-hybridized carbons (Fsp3) is 0.333. The highest BCUT2D eigenvalue weighted by Crippen LogP contribution is 2.33. The number of carbonyl (C=O) groups excluding carboxylic acids is 1. The number of nitrogens with zero attached hydrogens (tertiary/aromatic N) is 6. The van der Waals surface area contributed by atoms with Gasteiger partial charge in [0, 0.05) is 56.0 Å². The lowest BCUT2D eigenvalue weighted by molar-refractivity contribution is 0.0782. The van der Waals surface area contributed by atoms with Gasteiger partial charge >= 0.3 is 0 Å². The topological polar surface area (TPSA) is 67.2 Å². The SMILES string of the molecule is Cc1ccc(N2CC3CN(C(=O)c4cccc(-n5cccn5)c4)CC3C2)nn1. The van der Waals surface area contributed by atoms with Crippen LogP contribution in [0.3, 0.4) is 0 Å². The molecule has 4 heterocycles. The number of hydrogen-bond donors (Lipinski definition) is 0. The van der Waals surface area contributed by atoms with Crippen molar-refractivity contribution in [3.63, 3.8) is 0 Å². The highest BCUT2D eigenvalue weighted by molar-refractivity contribution is 5.95. The van der Waals surface area contributed by atoms with Crippen molar-refractivity contribution >= 4 is 11.7 Å². The predicted octanol–water partition coefficient (Wildman–Crippen LogP) is 2.18. The Kier molecular flexibility index (Phi) is 4.07. The smallest absolute Gasteiger partial charge is 0.253 e. The lowest BCUT2D eigenvalue weighted by Crippen LogP contribution is -2.33. The minimum Gasteiger partial charge on any atom is -0.354 e. The second-order valence-electron chi connectivity index (χ2n) is 7.67. The molecule has 0 N–H and O–H groups in total. The van der Waals surface area contributed by atoms with Gasteiger partial charge in [0.2, 0.25) is 0 Å². The van der Waals surface area contributed by atoms with Crippen molar-refractivity contribution in [2.24, 2.45) is 11.8 Å². The van der Waals surface area contributed by atoms with E-state index >= 15 is 0 Å². The van der Waals surface area contributed by atoms with Crippen LogP contribution in [0.1, 0.15) is 16.1 Å². The summed E-state index contributed by atoms with van der Waals surface area (Å²) in [7, 11) is 0. The van der Waals surface area contributed by atoms with E-state index < -0.39 is 0 Å². The van der Waals surface area contributed by atoms with Crippen LogP contribution in [0.5, 0.6) is 0 Å². The molecule has 28 heavy (non-hydrogen) atoms. The molecule has 2 aliphatic heterocycles. The second-order valence-corrected chi connectivity index (χ2v) is 7.67. The molecule has 1 aromatic carbocycles. The van der Waals surface area contributed by atoms with Crippen molar-refractivity contribution in [3.05, 3.63) is 66.1 Å². The van der Waals surface area contributed by atoms with Crippen LogP contribution in [0.25, 0.3) is 5.69 Å². The van der Waals surface area contributed by atoms with Gasteiger partial charge in [0.25, 0.3) is 5.91 Å². The summed E-state index contributed by atoms with van der Waals surface area (Å²) in [6, 6.07) is 13.6.